The van der Waals surface area contributed by atoms with Gasteiger partial charge in [-0.3, -0.25) is 14.2 Å². The van der Waals surface area contributed by atoms with Crippen LogP contribution >= 0.6 is 23.2 Å². The predicted molar refractivity (Wildman–Crippen MR) is 184 cm³/mol. The summed E-state index contributed by atoms with van der Waals surface area (Å²) in [6.07, 6.45) is 3.76. The average Bonchev–Trinajstić information content (AvgIpc) is 3.02. The maximum atomic E-state index is 14.3. The zero-order valence-corrected chi connectivity index (χ0v) is 28.8. The van der Waals surface area contributed by atoms with Gasteiger partial charge < -0.3 is 29.3 Å². The molecule has 4 rings (SSSR count). The summed E-state index contributed by atoms with van der Waals surface area (Å²) >= 11 is 13.7. The molecule has 1 aliphatic rings. The molecule has 1 amide bonds. The van der Waals surface area contributed by atoms with E-state index in [9.17, 15) is 9.59 Å². The SMILES string of the molecule is C=CC(=O)N1CC(OCCn2c(=O)c(-c3c(Cl)c(OC)cc(OCC(C)C)c3Cl)cc3cnc(NCCCN(CC)CC)nc32)C1. The molecule has 0 atom stereocenters. The minimum Gasteiger partial charge on any atom is -0.495 e. The summed E-state index contributed by atoms with van der Waals surface area (Å²) < 4.78 is 19.1. The van der Waals surface area contributed by atoms with Gasteiger partial charge in [-0.2, -0.15) is 4.98 Å². The van der Waals surface area contributed by atoms with Gasteiger partial charge in [0.2, 0.25) is 11.9 Å². The Hall–Kier alpha value is -3.38. The van der Waals surface area contributed by atoms with E-state index in [0.29, 0.717) is 60.3 Å². The number of amides is 1. The number of ether oxygens (including phenoxy) is 3. The molecule has 0 saturated carbocycles. The smallest absolute Gasteiger partial charge is 0.260 e. The number of nitrogens with zero attached hydrogens (tertiary/aromatic N) is 5. The first-order valence-electron chi connectivity index (χ1n) is 15.7. The van der Waals surface area contributed by atoms with Crippen molar-refractivity contribution in [2.75, 3.05) is 64.9 Å². The number of pyridine rings is 1. The van der Waals surface area contributed by atoms with Crippen LogP contribution in [0.3, 0.4) is 0 Å². The summed E-state index contributed by atoms with van der Waals surface area (Å²) in [6.45, 7) is 17.3. The van der Waals surface area contributed by atoms with Crippen molar-refractivity contribution in [2.45, 2.75) is 46.8 Å². The molecule has 1 N–H and O–H groups in total. The van der Waals surface area contributed by atoms with Crippen molar-refractivity contribution in [3.63, 3.8) is 0 Å². The number of nitrogens with one attached hydrogen (secondary N) is 1. The number of hydrogen-bond acceptors (Lipinski definition) is 9. The van der Waals surface area contributed by atoms with Crippen molar-refractivity contribution in [3.05, 3.63) is 51.4 Å². The van der Waals surface area contributed by atoms with E-state index >= 15 is 0 Å². The highest BCUT2D eigenvalue weighted by molar-refractivity contribution is 6.41. The van der Waals surface area contributed by atoms with E-state index in [2.05, 4.69) is 35.6 Å². The number of fused-ring (bicyclic) bond motifs is 1. The lowest BCUT2D eigenvalue weighted by Crippen LogP contribution is -2.54. The number of benzene rings is 1. The largest absolute Gasteiger partial charge is 0.495 e. The molecular weight excluding hydrogens is 631 g/mol. The molecule has 1 aromatic carbocycles. The molecule has 0 unspecified atom stereocenters. The van der Waals surface area contributed by atoms with E-state index in [1.165, 1.54) is 13.2 Å². The van der Waals surface area contributed by atoms with Crippen LogP contribution in [0.1, 0.15) is 34.1 Å². The Morgan fingerprint density at radius 3 is 2.57 bits per heavy atom. The Morgan fingerprint density at radius 1 is 1.20 bits per heavy atom. The molecule has 11 nitrogen and oxygen atoms in total. The molecule has 1 aliphatic heterocycles. The van der Waals surface area contributed by atoms with Gasteiger partial charge in [0, 0.05) is 42.8 Å². The van der Waals surface area contributed by atoms with Crippen molar-refractivity contribution in [1.82, 2.24) is 24.3 Å². The monoisotopic (exact) mass is 674 g/mol. The van der Waals surface area contributed by atoms with Crippen LogP contribution in [0.25, 0.3) is 22.2 Å². The maximum Gasteiger partial charge on any atom is 0.260 e. The molecule has 0 radical (unpaired) electrons. The van der Waals surface area contributed by atoms with Gasteiger partial charge in [0.25, 0.3) is 5.56 Å². The Labute approximate surface area is 280 Å². The van der Waals surface area contributed by atoms with Crippen molar-refractivity contribution in [3.8, 4) is 22.6 Å². The highest BCUT2D eigenvalue weighted by Crippen LogP contribution is 2.45. The number of anilines is 1. The lowest BCUT2D eigenvalue weighted by atomic mass is 10.0. The van der Waals surface area contributed by atoms with Crippen LogP contribution in [0.2, 0.25) is 10.0 Å². The van der Waals surface area contributed by atoms with E-state index in [-0.39, 0.29) is 52.2 Å². The van der Waals surface area contributed by atoms with Crippen LogP contribution in [0.15, 0.2) is 35.8 Å². The summed E-state index contributed by atoms with van der Waals surface area (Å²) in [6, 6.07) is 3.33. The topological polar surface area (TPSA) is 111 Å². The predicted octanol–water partition coefficient (Wildman–Crippen LogP) is 5.37. The van der Waals surface area contributed by atoms with Gasteiger partial charge in [0.1, 0.15) is 17.1 Å². The molecule has 0 spiro atoms. The van der Waals surface area contributed by atoms with Crippen molar-refractivity contribution in [2.24, 2.45) is 5.92 Å². The van der Waals surface area contributed by atoms with Crippen LogP contribution < -0.4 is 20.3 Å². The van der Waals surface area contributed by atoms with Gasteiger partial charge in [-0.15, -0.1) is 0 Å². The van der Waals surface area contributed by atoms with E-state index in [0.717, 1.165) is 26.1 Å². The Balaban J connectivity index is 1.70. The highest BCUT2D eigenvalue weighted by Gasteiger charge is 2.30. The molecular formula is C33H44Cl2N6O5. The molecule has 13 heteroatoms. The number of halogens is 2. The third kappa shape index (κ3) is 8.31. The average molecular weight is 676 g/mol. The number of rotatable bonds is 17. The fraction of sp³-hybridized carbons (Fsp3) is 0.515. The minimum atomic E-state index is -0.355. The van der Waals surface area contributed by atoms with Crippen molar-refractivity contribution < 1.29 is 19.0 Å². The lowest BCUT2D eigenvalue weighted by molar-refractivity contribution is -0.139. The molecule has 2 aromatic heterocycles. The van der Waals surface area contributed by atoms with Crippen LogP contribution in [0.4, 0.5) is 5.95 Å². The highest BCUT2D eigenvalue weighted by atomic mass is 35.5. The molecule has 250 valence electrons. The van der Waals surface area contributed by atoms with Gasteiger partial charge in [0.15, 0.2) is 0 Å². The van der Waals surface area contributed by atoms with E-state index < -0.39 is 0 Å². The van der Waals surface area contributed by atoms with Crippen LogP contribution in [0.5, 0.6) is 11.5 Å². The molecule has 3 heterocycles. The third-order valence-electron chi connectivity index (χ3n) is 7.85. The van der Waals surface area contributed by atoms with Crippen molar-refractivity contribution >= 4 is 46.1 Å². The first-order chi connectivity index (χ1) is 22.1. The quantitative estimate of drug-likeness (QED) is 0.149. The summed E-state index contributed by atoms with van der Waals surface area (Å²) in [4.78, 5) is 39.4. The number of methoxy groups -OCH3 is 1. The second-order valence-corrected chi connectivity index (χ2v) is 12.3. The maximum absolute atomic E-state index is 14.3. The molecule has 46 heavy (non-hydrogen) atoms. The Kier molecular flexibility index (Phi) is 12.7. The summed E-state index contributed by atoms with van der Waals surface area (Å²) in [5.74, 6) is 1.23. The second-order valence-electron chi connectivity index (χ2n) is 11.5. The van der Waals surface area contributed by atoms with Gasteiger partial charge in [0.05, 0.1) is 48.6 Å². The zero-order chi connectivity index (χ0) is 33.4. The first kappa shape index (κ1) is 35.5. The Morgan fingerprint density at radius 2 is 1.91 bits per heavy atom. The molecule has 1 saturated heterocycles. The number of carbonyl (C=O) groups is 1. The third-order valence-corrected chi connectivity index (χ3v) is 8.60. The van der Waals surface area contributed by atoms with E-state index in [4.69, 9.17) is 42.4 Å². The minimum absolute atomic E-state index is 0.130. The standard InChI is InChI=1S/C33H44Cl2N6O5/c1-7-27(42)40-18-23(19-40)45-14-13-41-31-22(17-37-33(38-31)36-11-10-12-39(8-2)9-3)15-24(32(41)43)28-29(34)25(44-6)16-26(30(28)35)46-20-21(4)5/h7,15-17,21,23H,1,8-14,18-20H2,2-6H3,(H,36,37,38). The van der Waals surface area contributed by atoms with Gasteiger partial charge in [-0.1, -0.05) is 57.5 Å². The lowest BCUT2D eigenvalue weighted by Gasteiger charge is -2.38. The van der Waals surface area contributed by atoms with Gasteiger partial charge >= 0.3 is 0 Å². The fourth-order valence-electron chi connectivity index (χ4n) is 5.17. The first-order valence-corrected chi connectivity index (χ1v) is 16.5. The van der Waals surface area contributed by atoms with Crippen LogP contribution in [0, 0.1) is 5.92 Å². The van der Waals surface area contributed by atoms with Crippen molar-refractivity contribution in [1.29, 1.82) is 0 Å². The normalized spacial score (nSPS) is 13.4. The number of likely N-dealkylation sites (tertiary alicyclic amines) is 1. The van der Waals surface area contributed by atoms with E-state index in [1.54, 1.807) is 27.8 Å². The molecule has 3 aromatic rings. The molecule has 0 bridgehead atoms. The zero-order valence-electron chi connectivity index (χ0n) is 27.3. The van der Waals surface area contributed by atoms with Crippen LogP contribution in [-0.2, 0) is 16.1 Å². The Bertz CT molecular complexity index is 1590. The summed E-state index contributed by atoms with van der Waals surface area (Å²) in [5.41, 5.74) is 0.651. The van der Waals surface area contributed by atoms with E-state index in [1.807, 2.05) is 13.8 Å². The molecule has 0 aliphatic carbocycles. The number of aromatic nitrogens is 3. The molecule has 1 fully saturated rings. The van der Waals surface area contributed by atoms with Crippen LogP contribution in [-0.4, -0.2) is 95.9 Å². The number of carbonyl (C=O) groups excluding carboxylic acids is 1. The fourth-order valence-corrected chi connectivity index (χ4v) is 5.85. The summed E-state index contributed by atoms with van der Waals surface area (Å²) in [7, 11) is 1.50. The van der Waals surface area contributed by atoms with Gasteiger partial charge in [-0.25, -0.2) is 4.98 Å². The second kappa shape index (κ2) is 16.4. The number of hydrogen-bond donors (Lipinski definition) is 1. The van der Waals surface area contributed by atoms with Gasteiger partial charge in [-0.05, 0) is 44.1 Å². The summed E-state index contributed by atoms with van der Waals surface area (Å²) in [5, 5.41) is 4.31.